The summed E-state index contributed by atoms with van der Waals surface area (Å²) in [6.45, 7) is 0.452. The van der Waals surface area contributed by atoms with Crippen LogP contribution < -0.4 is 5.48 Å². The Morgan fingerprint density at radius 1 is 1.15 bits per heavy atom. The first-order valence-corrected chi connectivity index (χ1v) is 5.98. The number of carbonyl (C=O) groups is 1. The van der Waals surface area contributed by atoms with Crippen LogP contribution in [-0.4, -0.2) is 10.9 Å². The van der Waals surface area contributed by atoms with Crippen LogP contribution in [-0.2, 0) is 11.4 Å². The predicted molar refractivity (Wildman–Crippen MR) is 70.6 cm³/mol. The van der Waals surface area contributed by atoms with Gasteiger partial charge in [0, 0.05) is 11.6 Å². The van der Waals surface area contributed by atoms with Crippen LogP contribution >= 0.6 is 0 Å². The summed E-state index contributed by atoms with van der Waals surface area (Å²) in [5.41, 5.74) is 2.02. The number of nitrogens with two attached hydrogens (primary N) is 1. The number of carbonyl (C=O) groups excluding carboxylic acids is 1. The summed E-state index contributed by atoms with van der Waals surface area (Å²) in [5, 5.41) is 10.8. The zero-order valence-corrected chi connectivity index (χ0v) is 10.6. The second kappa shape index (κ2) is 6.44. The molecule has 101 valence electrons. The molecule has 0 aliphatic heterocycles. The Labute approximate surface area is 115 Å². The maximum atomic E-state index is 11.8. The van der Waals surface area contributed by atoms with Gasteiger partial charge >= 0.3 is 5.97 Å². The van der Waals surface area contributed by atoms with Gasteiger partial charge in [0.1, 0.15) is 0 Å². The first-order valence-electron chi connectivity index (χ1n) is 5.98. The van der Waals surface area contributed by atoms with Crippen molar-refractivity contribution < 1.29 is 20.0 Å². The fourth-order valence-electron chi connectivity index (χ4n) is 1.70. The lowest BCUT2D eigenvalue weighted by Crippen LogP contribution is -2.82. The zero-order valence-electron chi connectivity index (χ0n) is 10.6. The molecule has 2 rings (SSSR count). The van der Waals surface area contributed by atoms with Crippen LogP contribution in [0.15, 0.2) is 54.6 Å². The summed E-state index contributed by atoms with van der Waals surface area (Å²) in [6, 6.07) is 15.2. The molecular weight excluding hydrogens is 260 g/mol. The van der Waals surface area contributed by atoms with Crippen molar-refractivity contribution in [3.05, 3.63) is 75.8 Å². The number of para-hydroxylation sites is 1. The summed E-state index contributed by atoms with van der Waals surface area (Å²) in [5.74, 6) is -0.728. The number of hydrogen-bond acceptors (Lipinski definition) is 4. The van der Waals surface area contributed by atoms with Crippen LogP contribution in [0.25, 0.3) is 0 Å². The largest absolute Gasteiger partial charge is 0.676 e. The highest BCUT2D eigenvalue weighted by Gasteiger charge is 2.33. The SMILES string of the molecule is O=[N+]([O-])c1ccccc1C(=[O+])O[NH2+]Cc1ccccc1. The first-order chi connectivity index (χ1) is 9.68. The molecule has 0 unspecified atom stereocenters. The molecule has 0 aliphatic carbocycles. The van der Waals surface area contributed by atoms with E-state index >= 15 is 0 Å². The second-order valence-corrected chi connectivity index (χ2v) is 4.04. The van der Waals surface area contributed by atoms with E-state index in [-0.39, 0.29) is 11.3 Å². The molecule has 2 N–H and O–H groups in total. The Hall–Kier alpha value is -2.73. The summed E-state index contributed by atoms with van der Waals surface area (Å²) in [7, 11) is 0. The van der Waals surface area contributed by atoms with E-state index < -0.39 is 10.9 Å². The molecule has 0 bridgehead atoms. The topological polar surface area (TPSA) is 88.9 Å². The van der Waals surface area contributed by atoms with Crippen molar-refractivity contribution in [3.63, 3.8) is 0 Å². The molecule has 1 radical (unpaired) electrons. The minimum Gasteiger partial charge on any atom is -0.258 e. The van der Waals surface area contributed by atoms with Crippen LogP contribution in [0, 0.1) is 10.1 Å². The lowest BCUT2D eigenvalue weighted by atomic mass is 10.2. The number of hydroxylamine groups is 1. The van der Waals surface area contributed by atoms with Crippen LogP contribution in [0.3, 0.4) is 0 Å². The molecule has 0 amide bonds. The number of hydrogen-bond donors (Lipinski definition) is 1. The summed E-state index contributed by atoms with van der Waals surface area (Å²) in [6.07, 6.45) is 0. The third-order valence-corrected chi connectivity index (χ3v) is 2.67. The maximum absolute atomic E-state index is 11.8. The van der Waals surface area contributed by atoms with E-state index in [1.165, 1.54) is 23.7 Å². The average molecular weight is 273 g/mol. The lowest BCUT2D eigenvalue weighted by Gasteiger charge is -1.95. The minimum atomic E-state index is -0.728. The van der Waals surface area contributed by atoms with Gasteiger partial charge in [0.05, 0.1) is 9.72 Å². The number of rotatable bonds is 5. The van der Waals surface area contributed by atoms with Gasteiger partial charge in [-0.3, -0.25) is 10.1 Å². The van der Waals surface area contributed by atoms with E-state index in [9.17, 15) is 14.9 Å². The van der Waals surface area contributed by atoms with Crippen LogP contribution in [0.1, 0.15) is 15.9 Å². The van der Waals surface area contributed by atoms with Crippen molar-refractivity contribution in [2.45, 2.75) is 6.54 Å². The average Bonchev–Trinajstić information content (AvgIpc) is 2.48. The normalized spacial score (nSPS) is 10.0. The van der Waals surface area contributed by atoms with E-state index in [1.54, 1.807) is 6.07 Å². The van der Waals surface area contributed by atoms with Gasteiger partial charge in [-0.05, 0) is 6.07 Å². The Kier molecular flexibility index (Phi) is 4.41. The number of quaternary nitrogens is 1. The van der Waals surface area contributed by atoms with Crippen molar-refractivity contribution >= 4 is 11.7 Å². The molecule has 0 saturated carbocycles. The molecule has 0 aromatic heterocycles. The van der Waals surface area contributed by atoms with Crippen molar-refractivity contribution in [3.8, 4) is 0 Å². The van der Waals surface area contributed by atoms with E-state index in [1.807, 2.05) is 30.3 Å². The molecule has 0 fully saturated rings. The number of nitro groups is 1. The van der Waals surface area contributed by atoms with Gasteiger partial charge in [0.15, 0.2) is 6.54 Å². The fraction of sp³-hybridized carbons (Fsp3) is 0.0714. The number of benzene rings is 2. The van der Waals surface area contributed by atoms with Crippen LogP contribution in [0.4, 0.5) is 5.69 Å². The Morgan fingerprint density at radius 3 is 2.50 bits per heavy atom. The first kappa shape index (κ1) is 13.7. The monoisotopic (exact) mass is 273 g/mol. The second-order valence-electron chi connectivity index (χ2n) is 4.04. The highest BCUT2D eigenvalue weighted by Crippen LogP contribution is 2.17. The van der Waals surface area contributed by atoms with Crippen LogP contribution in [0.5, 0.6) is 0 Å². The van der Waals surface area contributed by atoms with Gasteiger partial charge in [0.2, 0.25) is 5.56 Å². The quantitative estimate of drug-likeness (QED) is 0.507. The van der Waals surface area contributed by atoms with Gasteiger partial charge in [-0.1, -0.05) is 52.8 Å². The van der Waals surface area contributed by atoms with E-state index in [0.717, 1.165) is 5.56 Å². The molecule has 2 aromatic carbocycles. The highest BCUT2D eigenvalue weighted by molar-refractivity contribution is 5.93. The number of nitrogens with zero attached hydrogens (tertiary/aromatic N) is 1. The van der Waals surface area contributed by atoms with E-state index in [4.69, 9.17) is 4.84 Å². The van der Waals surface area contributed by atoms with E-state index in [0.29, 0.717) is 6.54 Å². The summed E-state index contributed by atoms with van der Waals surface area (Å²) in [4.78, 5) is 27.0. The smallest absolute Gasteiger partial charge is 0.258 e. The molecule has 20 heavy (non-hydrogen) atoms. The Morgan fingerprint density at radius 2 is 1.80 bits per heavy atom. The van der Waals surface area contributed by atoms with Crippen molar-refractivity contribution in [2.75, 3.05) is 0 Å². The molecule has 0 saturated heterocycles. The molecule has 6 heteroatoms. The zero-order chi connectivity index (χ0) is 14.4. The van der Waals surface area contributed by atoms with Crippen molar-refractivity contribution in [1.82, 2.24) is 0 Å². The molecule has 0 spiro atoms. The minimum absolute atomic E-state index is 0.0539. The molecular formula is C14H13N2O4+2. The predicted octanol–water partition coefficient (Wildman–Crippen LogP) is 1.43. The maximum Gasteiger partial charge on any atom is 0.676 e. The fourth-order valence-corrected chi connectivity index (χ4v) is 1.70. The Balaban J connectivity index is 1.97. The molecule has 0 heterocycles. The van der Waals surface area contributed by atoms with E-state index in [2.05, 4.69) is 0 Å². The number of nitro benzene ring substituents is 1. The molecule has 2 aromatic rings. The third-order valence-electron chi connectivity index (χ3n) is 2.67. The van der Waals surface area contributed by atoms with Gasteiger partial charge in [0.25, 0.3) is 5.69 Å². The summed E-state index contributed by atoms with van der Waals surface area (Å²) >= 11 is 0. The standard InChI is InChI=1S/C14H12N2O4/c17-14(12-8-4-5-9-13(12)16(18)19)20-15-10-11-6-2-1-3-7-11/h1-9,15H,10H2/q+1/p+1. The van der Waals surface area contributed by atoms with Crippen molar-refractivity contribution in [2.24, 2.45) is 0 Å². The van der Waals surface area contributed by atoms with Gasteiger partial charge in [-0.25, -0.2) is 0 Å². The van der Waals surface area contributed by atoms with Crippen LogP contribution in [0.2, 0.25) is 0 Å². The molecule has 0 atom stereocenters. The van der Waals surface area contributed by atoms with Gasteiger partial charge in [-0.2, -0.15) is 0 Å². The van der Waals surface area contributed by atoms with Gasteiger partial charge < -0.3 is 0 Å². The lowest BCUT2D eigenvalue weighted by molar-refractivity contribution is -0.883. The van der Waals surface area contributed by atoms with Gasteiger partial charge in [-0.15, -0.1) is 0 Å². The highest BCUT2D eigenvalue weighted by atomic mass is 16.7. The van der Waals surface area contributed by atoms with Crippen molar-refractivity contribution in [1.29, 1.82) is 0 Å². The Bertz CT molecular complexity index is 614. The summed E-state index contributed by atoms with van der Waals surface area (Å²) < 4.78 is 0. The molecule has 6 nitrogen and oxygen atoms in total. The molecule has 0 aliphatic rings. The third kappa shape index (κ3) is 3.39.